The Hall–Kier alpha value is -2.54. The van der Waals surface area contributed by atoms with E-state index in [9.17, 15) is 9.50 Å². The summed E-state index contributed by atoms with van der Waals surface area (Å²) >= 11 is 0. The number of nitriles is 1. The number of benzene rings is 2. The van der Waals surface area contributed by atoms with Crippen molar-refractivity contribution in [3.05, 3.63) is 58.9 Å². The van der Waals surface area contributed by atoms with Gasteiger partial charge in [0.05, 0.1) is 11.6 Å². The number of phenols is 1. The quantitative estimate of drug-likeness (QED) is 0.885. The summed E-state index contributed by atoms with van der Waals surface area (Å²) in [6.07, 6.45) is 0. The Balaban J connectivity index is 2.20. The minimum atomic E-state index is -0.405. The number of rotatable bonds is 3. The first-order chi connectivity index (χ1) is 9.10. The average molecular weight is 256 g/mol. The van der Waals surface area contributed by atoms with Gasteiger partial charge in [-0.2, -0.15) is 5.26 Å². The molecular weight excluding hydrogens is 243 g/mol. The molecule has 0 aromatic heterocycles. The molecular formula is C15H13FN2O. The van der Waals surface area contributed by atoms with E-state index in [1.54, 1.807) is 31.2 Å². The summed E-state index contributed by atoms with van der Waals surface area (Å²) in [5, 5.41) is 21.3. The van der Waals surface area contributed by atoms with Crippen LogP contribution in [-0.2, 0) is 6.54 Å². The summed E-state index contributed by atoms with van der Waals surface area (Å²) in [6.45, 7) is 2.10. The normalized spacial score (nSPS) is 9.95. The topological polar surface area (TPSA) is 56.0 Å². The van der Waals surface area contributed by atoms with Gasteiger partial charge in [-0.1, -0.05) is 12.1 Å². The summed E-state index contributed by atoms with van der Waals surface area (Å²) in [6, 6.07) is 11.6. The van der Waals surface area contributed by atoms with Crippen LogP contribution in [0.3, 0.4) is 0 Å². The van der Waals surface area contributed by atoms with Crippen molar-refractivity contribution in [2.45, 2.75) is 13.5 Å². The fraction of sp³-hybridized carbons (Fsp3) is 0.133. The molecule has 2 N–H and O–H groups in total. The third-order valence-electron chi connectivity index (χ3n) is 2.87. The van der Waals surface area contributed by atoms with Crippen molar-refractivity contribution >= 4 is 5.69 Å². The maximum Gasteiger partial charge on any atom is 0.129 e. The zero-order valence-corrected chi connectivity index (χ0v) is 10.4. The minimum absolute atomic E-state index is 0.188. The first-order valence-electron chi connectivity index (χ1n) is 5.82. The number of anilines is 1. The molecule has 0 bridgehead atoms. The Labute approximate surface area is 110 Å². The summed E-state index contributed by atoms with van der Waals surface area (Å²) in [5.74, 6) is -0.217. The number of aromatic hydroxyl groups is 1. The molecule has 0 amide bonds. The van der Waals surface area contributed by atoms with Gasteiger partial charge in [-0.3, -0.25) is 0 Å². The van der Waals surface area contributed by atoms with E-state index < -0.39 is 5.82 Å². The monoisotopic (exact) mass is 256 g/mol. The predicted molar refractivity (Wildman–Crippen MR) is 71.3 cm³/mol. The van der Waals surface area contributed by atoms with Crippen LogP contribution < -0.4 is 5.32 Å². The molecule has 0 aliphatic heterocycles. The molecule has 2 rings (SSSR count). The van der Waals surface area contributed by atoms with E-state index in [0.29, 0.717) is 17.8 Å². The van der Waals surface area contributed by atoms with Crippen LogP contribution in [0.5, 0.6) is 5.75 Å². The Morgan fingerprint density at radius 2 is 2.11 bits per heavy atom. The Bertz CT molecular complexity index is 647. The molecule has 4 heteroatoms. The third kappa shape index (κ3) is 3.02. The smallest absolute Gasteiger partial charge is 0.129 e. The van der Waals surface area contributed by atoms with Crippen LogP contribution >= 0.6 is 0 Å². The summed E-state index contributed by atoms with van der Waals surface area (Å²) < 4.78 is 13.6. The van der Waals surface area contributed by atoms with E-state index in [2.05, 4.69) is 5.32 Å². The summed E-state index contributed by atoms with van der Waals surface area (Å²) in [5.41, 5.74) is 2.21. The van der Waals surface area contributed by atoms with Crippen molar-refractivity contribution < 1.29 is 9.50 Å². The highest BCUT2D eigenvalue weighted by atomic mass is 19.1. The lowest BCUT2D eigenvalue weighted by molar-refractivity contribution is 0.474. The molecule has 0 heterocycles. The molecule has 0 saturated heterocycles. The van der Waals surface area contributed by atoms with Crippen LogP contribution in [0.15, 0.2) is 36.4 Å². The predicted octanol–water partition coefficient (Wildman–Crippen LogP) is 3.32. The number of phenolic OH excluding ortho intramolecular Hbond substituents is 1. The fourth-order valence-electron chi connectivity index (χ4n) is 1.79. The van der Waals surface area contributed by atoms with Gasteiger partial charge in [-0.15, -0.1) is 0 Å². The summed E-state index contributed by atoms with van der Waals surface area (Å²) in [7, 11) is 0. The maximum atomic E-state index is 13.6. The minimum Gasteiger partial charge on any atom is -0.508 e. The SMILES string of the molecule is Cc1c(F)cc(C#N)cc1NCc1cccc(O)c1. The number of nitrogens with zero attached hydrogens (tertiary/aromatic N) is 1. The van der Waals surface area contributed by atoms with E-state index in [1.165, 1.54) is 6.07 Å². The van der Waals surface area contributed by atoms with E-state index in [-0.39, 0.29) is 11.3 Å². The fourth-order valence-corrected chi connectivity index (χ4v) is 1.79. The van der Waals surface area contributed by atoms with Gasteiger partial charge >= 0.3 is 0 Å². The van der Waals surface area contributed by atoms with Crippen molar-refractivity contribution in [1.82, 2.24) is 0 Å². The molecule has 0 atom stereocenters. The van der Waals surface area contributed by atoms with Gasteiger partial charge in [0, 0.05) is 17.8 Å². The van der Waals surface area contributed by atoms with Crippen LogP contribution in [0.1, 0.15) is 16.7 Å². The Morgan fingerprint density at radius 3 is 2.79 bits per heavy atom. The molecule has 0 aliphatic rings. The second-order valence-electron chi connectivity index (χ2n) is 4.27. The van der Waals surface area contributed by atoms with Crippen molar-refractivity contribution in [3.63, 3.8) is 0 Å². The molecule has 0 radical (unpaired) electrons. The number of hydrogen-bond acceptors (Lipinski definition) is 3. The van der Waals surface area contributed by atoms with Crippen LogP contribution in [0.2, 0.25) is 0 Å². The van der Waals surface area contributed by atoms with Crippen LogP contribution in [0, 0.1) is 24.1 Å². The van der Waals surface area contributed by atoms with Gasteiger partial charge in [0.15, 0.2) is 0 Å². The Kier molecular flexibility index (Phi) is 3.67. The molecule has 19 heavy (non-hydrogen) atoms. The second kappa shape index (κ2) is 5.40. The lowest BCUT2D eigenvalue weighted by Crippen LogP contribution is -2.02. The largest absolute Gasteiger partial charge is 0.508 e. The molecule has 96 valence electrons. The molecule has 0 fully saturated rings. The van der Waals surface area contributed by atoms with Crippen molar-refractivity contribution in [1.29, 1.82) is 5.26 Å². The molecule has 0 spiro atoms. The first-order valence-corrected chi connectivity index (χ1v) is 5.82. The standard InChI is InChI=1S/C15H13FN2O/c1-10-14(16)6-12(8-17)7-15(10)18-9-11-3-2-4-13(19)5-11/h2-7,18-19H,9H2,1H3. The van der Waals surface area contributed by atoms with Gasteiger partial charge in [0.2, 0.25) is 0 Å². The van der Waals surface area contributed by atoms with Crippen molar-refractivity contribution in [2.24, 2.45) is 0 Å². The van der Waals surface area contributed by atoms with E-state index in [0.717, 1.165) is 5.56 Å². The third-order valence-corrected chi connectivity index (χ3v) is 2.87. The number of nitrogens with one attached hydrogen (secondary N) is 1. The Morgan fingerprint density at radius 1 is 1.32 bits per heavy atom. The zero-order valence-electron chi connectivity index (χ0n) is 10.4. The van der Waals surface area contributed by atoms with E-state index >= 15 is 0 Å². The maximum absolute atomic E-state index is 13.6. The van der Waals surface area contributed by atoms with Gasteiger partial charge < -0.3 is 10.4 Å². The number of hydrogen-bond donors (Lipinski definition) is 2. The second-order valence-corrected chi connectivity index (χ2v) is 4.27. The van der Waals surface area contributed by atoms with Gasteiger partial charge in [-0.25, -0.2) is 4.39 Å². The molecule has 3 nitrogen and oxygen atoms in total. The van der Waals surface area contributed by atoms with Crippen LogP contribution in [-0.4, -0.2) is 5.11 Å². The molecule has 2 aromatic rings. The van der Waals surface area contributed by atoms with Crippen molar-refractivity contribution in [3.8, 4) is 11.8 Å². The van der Waals surface area contributed by atoms with Crippen molar-refractivity contribution in [2.75, 3.05) is 5.32 Å². The first kappa shape index (κ1) is 12.9. The molecule has 0 aliphatic carbocycles. The molecule has 2 aromatic carbocycles. The molecule has 0 saturated carbocycles. The van der Waals surface area contributed by atoms with Gasteiger partial charge in [-0.05, 0) is 36.8 Å². The highest BCUT2D eigenvalue weighted by Crippen LogP contribution is 2.21. The van der Waals surface area contributed by atoms with Crippen LogP contribution in [0.25, 0.3) is 0 Å². The zero-order chi connectivity index (χ0) is 13.8. The lowest BCUT2D eigenvalue weighted by Gasteiger charge is -2.11. The van der Waals surface area contributed by atoms with Gasteiger partial charge in [0.1, 0.15) is 11.6 Å². The highest BCUT2D eigenvalue weighted by molar-refractivity contribution is 5.56. The lowest BCUT2D eigenvalue weighted by atomic mass is 10.1. The number of halogens is 1. The summed E-state index contributed by atoms with van der Waals surface area (Å²) in [4.78, 5) is 0. The average Bonchev–Trinajstić information content (AvgIpc) is 2.40. The molecule has 0 unspecified atom stereocenters. The highest BCUT2D eigenvalue weighted by Gasteiger charge is 2.07. The van der Waals surface area contributed by atoms with Gasteiger partial charge in [0.25, 0.3) is 0 Å². The van der Waals surface area contributed by atoms with E-state index in [1.807, 2.05) is 12.1 Å². The van der Waals surface area contributed by atoms with E-state index in [4.69, 9.17) is 5.26 Å². The van der Waals surface area contributed by atoms with Crippen LogP contribution in [0.4, 0.5) is 10.1 Å².